The lowest BCUT2D eigenvalue weighted by Crippen LogP contribution is -2.44. The van der Waals surface area contributed by atoms with Crippen molar-refractivity contribution in [3.63, 3.8) is 0 Å². The second-order valence-electron chi connectivity index (χ2n) is 14.2. The number of rotatable bonds is 4. The molecule has 0 bridgehead atoms. The Bertz CT molecular complexity index is 1590. The van der Waals surface area contributed by atoms with Crippen molar-refractivity contribution in [2.75, 3.05) is 50.4 Å². The zero-order valence-corrected chi connectivity index (χ0v) is 31.4. The molecule has 2 aliphatic heterocycles. The molecule has 2 unspecified atom stereocenters. The van der Waals surface area contributed by atoms with Crippen LogP contribution in [-0.2, 0) is 18.9 Å². The number of nitrogens with zero attached hydrogens (tertiary/aromatic N) is 3. The second-order valence-corrected chi connectivity index (χ2v) is 15.2. The number of anilines is 3. The van der Waals surface area contributed by atoms with Crippen LogP contribution in [0.1, 0.15) is 76.0 Å². The number of ether oxygens (including phenoxy) is 4. The summed E-state index contributed by atoms with van der Waals surface area (Å²) in [6.45, 7) is 18.3. The minimum Gasteiger partial charge on any atom is -0.444 e. The lowest BCUT2D eigenvalue weighted by atomic mass is 10.0. The molecule has 0 saturated carbocycles. The number of carbonyl (C=O) groups is 2. The Morgan fingerprint density at radius 1 is 0.816 bits per heavy atom. The van der Waals surface area contributed by atoms with E-state index in [0.29, 0.717) is 39.4 Å². The summed E-state index contributed by atoms with van der Waals surface area (Å²) in [5.74, 6) is 0.782. The number of benzene rings is 2. The summed E-state index contributed by atoms with van der Waals surface area (Å²) in [5, 5.41) is 3.33. The van der Waals surface area contributed by atoms with Crippen LogP contribution in [0.3, 0.4) is 0 Å². The lowest BCUT2D eigenvalue weighted by molar-refractivity contribution is -0.0434. The first-order valence-electron chi connectivity index (χ1n) is 16.5. The molecule has 1 aromatic heterocycles. The van der Waals surface area contributed by atoms with Crippen molar-refractivity contribution in [2.24, 2.45) is 0 Å². The fourth-order valence-electron chi connectivity index (χ4n) is 5.20. The number of aromatic nitrogens is 1. The summed E-state index contributed by atoms with van der Waals surface area (Å²) in [6, 6.07) is 15.8. The number of nitrogens with one attached hydrogen (secondary N) is 1. The van der Waals surface area contributed by atoms with Gasteiger partial charge in [-0.05, 0) is 118 Å². The molecule has 12 heteroatoms. The molecule has 2 amide bonds. The number of nitrogen functional groups attached to an aromatic ring is 1. The van der Waals surface area contributed by atoms with E-state index in [4.69, 9.17) is 24.7 Å². The number of hydrogen-bond acceptors (Lipinski definition) is 9. The maximum atomic E-state index is 12.4. The molecule has 0 aliphatic carbocycles. The quantitative estimate of drug-likeness (QED) is 0.255. The lowest BCUT2D eigenvalue weighted by Gasteiger charge is -2.34. The van der Waals surface area contributed by atoms with Crippen molar-refractivity contribution in [1.29, 1.82) is 0 Å². The van der Waals surface area contributed by atoms with Crippen LogP contribution in [0.2, 0.25) is 0 Å². The standard InChI is InChI=1S/C21H26BrN3O3.C16H24N2O3/c1-14-11-15(5-7-17(14)24-19-8-6-16(22)12-23-19)18-13-25(9-10-27-18)20(26)28-21(2,3)4;1-11-9-12(5-6-13(11)17)14-10-18(7-8-20-14)15(19)21-16(2,3)4/h5-8,11-12,18H,9-10,13H2,1-4H3,(H,23,24);5-6,9,14H,7-8,10,17H2,1-4H3. The van der Waals surface area contributed by atoms with Gasteiger partial charge in [-0.2, -0.15) is 0 Å². The molecule has 2 saturated heterocycles. The van der Waals surface area contributed by atoms with Crippen molar-refractivity contribution in [3.8, 4) is 0 Å². The summed E-state index contributed by atoms with van der Waals surface area (Å²) in [6.07, 6.45) is 0.873. The molecule has 2 atom stereocenters. The average Bonchev–Trinajstić information content (AvgIpc) is 3.03. The number of halogens is 1. The number of amides is 2. The van der Waals surface area contributed by atoms with Gasteiger partial charge in [-0.15, -0.1) is 0 Å². The highest BCUT2D eigenvalue weighted by atomic mass is 79.9. The molecular formula is C37H50BrN5O6. The van der Waals surface area contributed by atoms with Crippen LogP contribution >= 0.6 is 15.9 Å². The maximum Gasteiger partial charge on any atom is 0.410 e. The second kappa shape index (κ2) is 16.2. The van der Waals surface area contributed by atoms with Gasteiger partial charge < -0.3 is 39.8 Å². The van der Waals surface area contributed by atoms with Crippen molar-refractivity contribution in [2.45, 2.75) is 78.8 Å². The topological polar surface area (TPSA) is 128 Å². The predicted molar refractivity (Wildman–Crippen MR) is 195 cm³/mol. The van der Waals surface area contributed by atoms with Gasteiger partial charge in [0.1, 0.15) is 29.2 Å². The average molecular weight is 741 g/mol. The van der Waals surface area contributed by atoms with Crippen LogP contribution in [0.4, 0.5) is 26.8 Å². The van der Waals surface area contributed by atoms with Gasteiger partial charge in [-0.25, -0.2) is 14.6 Å². The van der Waals surface area contributed by atoms with Crippen LogP contribution in [0.25, 0.3) is 0 Å². The van der Waals surface area contributed by atoms with E-state index in [1.807, 2.05) is 97.9 Å². The largest absolute Gasteiger partial charge is 0.444 e. The Morgan fingerprint density at radius 2 is 1.33 bits per heavy atom. The molecular weight excluding hydrogens is 690 g/mol. The zero-order valence-electron chi connectivity index (χ0n) is 29.8. The first-order valence-corrected chi connectivity index (χ1v) is 17.3. The normalized spacial score (nSPS) is 18.2. The smallest absolute Gasteiger partial charge is 0.410 e. The minimum absolute atomic E-state index is 0.134. The Morgan fingerprint density at radius 3 is 1.78 bits per heavy atom. The Balaban J connectivity index is 0.000000230. The highest BCUT2D eigenvalue weighted by molar-refractivity contribution is 9.10. The van der Waals surface area contributed by atoms with Gasteiger partial charge in [0.15, 0.2) is 0 Å². The third-order valence-corrected chi connectivity index (χ3v) is 8.18. The fraction of sp³-hybridized carbons (Fsp3) is 0.486. The Hall–Kier alpha value is -3.87. The molecule has 2 fully saturated rings. The van der Waals surface area contributed by atoms with E-state index in [9.17, 15) is 9.59 Å². The Kier molecular flexibility index (Phi) is 12.6. The zero-order chi connectivity index (χ0) is 35.9. The van der Waals surface area contributed by atoms with Gasteiger partial charge in [0.2, 0.25) is 0 Å². The highest BCUT2D eigenvalue weighted by Crippen LogP contribution is 2.29. The maximum absolute atomic E-state index is 12.4. The van der Waals surface area contributed by atoms with E-state index in [0.717, 1.165) is 43.9 Å². The van der Waals surface area contributed by atoms with Crippen molar-refractivity contribution < 1.29 is 28.5 Å². The highest BCUT2D eigenvalue weighted by Gasteiger charge is 2.30. The molecule has 266 valence electrons. The van der Waals surface area contributed by atoms with Gasteiger partial charge in [-0.3, -0.25) is 0 Å². The van der Waals surface area contributed by atoms with E-state index in [2.05, 4.69) is 32.3 Å². The van der Waals surface area contributed by atoms with Crippen molar-refractivity contribution in [3.05, 3.63) is 81.5 Å². The minimum atomic E-state index is -0.504. The van der Waals surface area contributed by atoms with Crippen LogP contribution in [0, 0.1) is 13.8 Å². The van der Waals surface area contributed by atoms with Crippen LogP contribution < -0.4 is 11.1 Å². The molecule has 0 spiro atoms. The van der Waals surface area contributed by atoms with Gasteiger partial charge in [-0.1, -0.05) is 24.3 Å². The van der Waals surface area contributed by atoms with Crippen LogP contribution in [-0.4, -0.2) is 77.6 Å². The van der Waals surface area contributed by atoms with Crippen LogP contribution in [0.15, 0.2) is 59.2 Å². The van der Waals surface area contributed by atoms with E-state index in [-0.39, 0.29) is 24.4 Å². The number of pyridine rings is 1. The number of aryl methyl sites for hydroxylation is 2. The number of carbonyl (C=O) groups excluding carboxylic acids is 2. The summed E-state index contributed by atoms with van der Waals surface area (Å²) in [7, 11) is 0. The first kappa shape index (κ1) is 37.9. The molecule has 3 N–H and O–H groups in total. The molecule has 5 rings (SSSR count). The molecule has 2 aromatic carbocycles. The number of morpholine rings is 2. The van der Waals surface area contributed by atoms with Crippen LogP contribution in [0.5, 0.6) is 0 Å². The molecule has 3 heterocycles. The number of hydrogen-bond donors (Lipinski definition) is 2. The van der Waals surface area contributed by atoms with E-state index in [1.165, 1.54) is 0 Å². The molecule has 2 aliphatic rings. The summed E-state index contributed by atoms with van der Waals surface area (Å²) < 4.78 is 23.5. The monoisotopic (exact) mass is 739 g/mol. The van der Waals surface area contributed by atoms with E-state index < -0.39 is 11.2 Å². The van der Waals surface area contributed by atoms with E-state index >= 15 is 0 Å². The van der Waals surface area contributed by atoms with E-state index in [1.54, 1.807) is 16.0 Å². The van der Waals surface area contributed by atoms with Crippen molar-refractivity contribution >= 4 is 45.3 Å². The van der Waals surface area contributed by atoms with Gasteiger partial charge in [0.05, 0.1) is 26.3 Å². The molecule has 49 heavy (non-hydrogen) atoms. The molecule has 0 radical (unpaired) electrons. The van der Waals surface area contributed by atoms with Gasteiger partial charge in [0, 0.05) is 35.1 Å². The third kappa shape index (κ3) is 11.6. The first-order chi connectivity index (χ1) is 23.0. The molecule has 11 nitrogen and oxygen atoms in total. The van der Waals surface area contributed by atoms with Gasteiger partial charge >= 0.3 is 12.2 Å². The fourth-order valence-corrected chi connectivity index (χ4v) is 5.44. The number of nitrogens with two attached hydrogens (primary N) is 1. The predicted octanol–water partition coefficient (Wildman–Crippen LogP) is 8.09. The SMILES string of the molecule is Cc1cc(C2CN(C(=O)OC(C)(C)C)CCO2)ccc1N.Cc1cc(C2CN(C(=O)OC(C)(C)C)CCO2)ccc1Nc1ccc(Br)cn1. The summed E-state index contributed by atoms with van der Waals surface area (Å²) >= 11 is 3.39. The summed E-state index contributed by atoms with van der Waals surface area (Å²) in [5.41, 5.74) is 10.8. The summed E-state index contributed by atoms with van der Waals surface area (Å²) in [4.78, 5) is 32.3. The van der Waals surface area contributed by atoms with Gasteiger partial charge in [0.25, 0.3) is 0 Å². The Labute approximate surface area is 298 Å². The van der Waals surface area contributed by atoms with Crippen molar-refractivity contribution in [1.82, 2.24) is 14.8 Å². The molecule has 3 aromatic rings. The third-order valence-electron chi connectivity index (χ3n) is 7.71.